The summed E-state index contributed by atoms with van der Waals surface area (Å²) in [6.07, 6.45) is 10.7. The van der Waals surface area contributed by atoms with Gasteiger partial charge in [-0.2, -0.15) is 0 Å². The van der Waals surface area contributed by atoms with Gasteiger partial charge in [0.15, 0.2) is 0 Å². The lowest BCUT2D eigenvalue weighted by molar-refractivity contribution is -0.133. The fraction of sp³-hybridized carbons (Fsp3) is 0.692. The molecule has 0 heterocycles. The van der Waals surface area contributed by atoms with Crippen LogP contribution in [0.15, 0.2) is 29.8 Å². The Hall–Kier alpha value is -0.830. The molecule has 4 saturated carbocycles. The van der Waals surface area contributed by atoms with E-state index in [1.807, 2.05) is 18.2 Å². The minimum atomic E-state index is -0.358. The van der Waals surface area contributed by atoms with E-state index in [9.17, 15) is 10.2 Å². The molecule has 8 atom stereocenters. The van der Waals surface area contributed by atoms with Crippen LogP contribution in [0.4, 0.5) is 0 Å². The fourth-order valence-electron chi connectivity index (χ4n) is 8.03. The molecule has 3 heteroatoms. The first-order valence-corrected chi connectivity index (χ1v) is 12.0. The maximum absolute atomic E-state index is 11.4. The van der Waals surface area contributed by atoms with Crippen molar-refractivity contribution >= 4 is 17.7 Å². The molecular weight excluding hydrogens is 380 g/mol. The van der Waals surface area contributed by atoms with Crippen LogP contribution >= 0.6 is 11.6 Å². The number of hydrogen-bond acceptors (Lipinski definition) is 2. The van der Waals surface area contributed by atoms with Crippen molar-refractivity contribution in [2.24, 2.45) is 34.5 Å². The number of fused-ring (bicyclic) bond motifs is 5. The van der Waals surface area contributed by atoms with Crippen LogP contribution in [0, 0.1) is 34.5 Å². The highest BCUT2D eigenvalue weighted by molar-refractivity contribution is 6.32. The number of aliphatic hydroxyl groups is 2. The third-order valence-electron chi connectivity index (χ3n) is 9.75. The standard InChI is InChI=1S/C26H35ClO2/c1-25-11-9-19(28)15-18(25)7-8-20-21(25)10-12-26(2)22(20)14-17(24(26)29)13-16-5-3-4-6-23(16)27/h3-6,13,18-22,24,28-29H,7-12,14-15H2,1-2H3/b17-13-/t18-,19-,20-,21+,22+,24+,25-,26+/m0/s1. The van der Waals surface area contributed by atoms with Gasteiger partial charge in [-0.25, -0.2) is 0 Å². The summed E-state index contributed by atoms with van der Waals surface area (Å²) >= 11 is 6.41. The Morgan fingerprint density at radius 2 is 1.72 bits per heavy atom. The van der Waals surface area contributed by atoms with Gasteiger partial charge < -0.3 is 10.2 Å². The van der Waals surface area contributed by atoms with E-state index in [-0.39, 0.29) is 17.6 Å². The van der Waals surface area contributed by atoms with Gasteiger partial charge in [-0.05, 0) is 97.7 Å². The maximum Gasteiger partial charge on any atom is 0.0809 e. The zero-order chi connectivity index (χ0) is 20.4. The molecule has 0 saturated heterocycles. The molecule has 4 aliphatic carbocycles. The number of rotatable bonds is 1. The zero-order valence-electron chi connectivity index (χ0n) is 17.8. The smallest absolute Gasteiger partial charge is 0.0809 e. The second-order valence-corrected chi connectivity index (χ2v) is 11.4. The first kappa shape index (κ1) is 20.1. The molecular formula is C26H35ClO2. The molecule has 1 aromatic carbocycles. The van der Waals surface area contributed by atoms with Crippen molar-refractivity contribution in [3.8, 4) is 0 Å². The van der Waals surface area contributed by atoms with Crippen molar-refractivity contribution < 1.29 is 10.2 Å². The van der Waals surface area contributed by atoms with Gasteiger partial charge in [-0.15, -0.1) is 0 Å². The van der Waals surface area contributed by atoms with E-state index >= 15 is 0 Å². The summed E-state index contributed by atoms with van der Waals surface area (Å²) in [7, 11) is 0. The van der Waals surface area contributed by atoms with E-state index in [1.54, 1.807) is 0 Å². The van der Waals surface area contributed by atoms with E-state index in [2.05, 4.69) is 26.0 Å². The van der Waals surface area contributed by atoms with Crippen LogP contribution < -0.4 is 0 Å². The second-order valence-electron chi connectivity index (χ2n) is 11.0. The Kier molecular flexibility index (Phi) is 4.92. The summed E-state index contributed by atoms with van der Waals surface area (Å²) in [6.45, 7) is 4.86. The van der Waals surface area contributed by atoms with Gasteiger partial charge in [-0.1, -0.05) is 49.7 Å². The lowest BCUT2D eigenvalue weighted by Crippen LogP contribution is -2.54. The quantitative estimate of drug-likeness (QED) is 0.583. The van der Waals surface area contributed by atoms with Gasteiger partial charge in [0.05, 0.1) is 12.2 Å². The lowest BCUT2D eigenvalue weighted by atomic mass is 9.45. The predicted octanol–water partition coefficient (Wildman–Crippen LogP) is 6.10. The summed E-state index contributed by atoms with van der Waals surface area (Å²) in [5.41, 5.74) is 2.58. The van der Waals surface area contributed by atoms with Gasteiger partial charge in [0.2, 0.25) is 0 Å². The monoisotopic (exact) mass is 414 g/mol. The van der Waals surface area contributed by atoms with Gasteiger partial charge in [0, 0.05) is 10.4 Å². The normalized spacial score (nSPS) is 48.1. The molecule has 4 fully saturated rings. The number of halogens is 1. The van der Waals surface area contributed by atoms with Crippen molar-refractivity contribution in [3.05, 3.63) is 40.4 Å². The molecule has 1 aromatic rings. The minimum Gasteiger partial charge on any atom is -0.393 e. The Balaban J connectivity index is 1.45. The van der Waals surface area contributed by atoms with Crippen LogP contribution in [-0.4, -0.2) is 22.4 Å². The molecule has 0 amide bonds. The zero-order valence-corrected chi connectivity index (χ0v) is 18.5. The first-order valence-electron chi connectivity index (χ1n) is 11.6. The molecule has 29 heavy (non-hydrogen) atoms. The number of benzene rings is 1. The van der Waals surface area contributed by atoms with Gasteiger partial charge in [-0.3, -0.25) is 0 Å². The third-order valence-corrected chi connectivity index (χ3v) is 10.1. The first-order chi connectivity index (χ1) is 13.8. The summed E-state index contributed by atoms with van der Waals surface area (Å²) in [5.74, 6) is 2.70. The maximum atomic E-state index is 11.4. The van der Waals surface area contributed by atoms with E-state index in [0.29, 0.717) is 23.2 Å². The van der Waals surface area contributed by atoms with Crippen molar-refractivity contribution in [1.82, 2.24) is 0 Å². The Bertz CT molecular complexity index is 819. The highest BCUT2D eigenvalue weighted by Crippen LogP contribution is 2.67. The average Bonchev–Trinajstić information content (AvgIpc) is 2.95. The topological polar surface area (TPSA) is 40.5 Å². The van der Waals surface area contributed by atoms with E-state index in [0.717, 1.165) is 42.2 Å². The molecule has 2 nitrogen and oxygen atoms in total. The van der Waals surface area contributed by atoms with Crippen LogP contribution in [0.25, 0.3) is 6.08 Å². The molecule has 4 aliphatic rings. The van der Waals surface area contributed by atoms with E-state index in [1.165, 1.54) is 31.3 Å². The van der Waals surface area contributed by atoms with E-state index in [4.69, 9.17) is 11.6 Å². The van der Waals surface area contributed by atoms with Crippen LogP contribution in [0.1, 0.15) is 70.8 Å². The van der Waals surface area contributed by atoms with Crippen LogP contribution in [-0.2, 0) is 0 Å². The number of aliphatic hydroxyl groups excluding tert-OH is 2. The lowest BCUT2D eigenvalue weighted by Gasteiger charge is -2.60. The van der Waals surface area contributed by atoms with Crippen molar-refractivity contribution in [3.63, 3.8) is 0 Å². The van der Waals surface area contributed by atoms with Crippen molar-refractivity contribution in [2.75, 3.05) is 0 Å². The fourth-order valence-corrected chi connectivity index (χ4v) is 8.22. The number of hydrogen-bond donors (Lipinski definition) is 2. The molecule has 0 unspecified atom stereocenters. The molecule has 0 bridgehead atoms. The Morgan fingerprint density at radius 1 is 0.966 bits per heavy atom. The Labute approximate surface area is 180 Å². The van der Waals surface area contributed by atoms with Crippen LogP contribution in [0.3, 0.4) is 0 Å². The minimum absolute atomic E-state index is 0.00830. The summed E-state index contributed by atoms with van der Waals surface area (Å²) < 4.78 is 0. The van der Waals surface area contributed by atoms with Gasteiger partial charge in [0.1, 0.15) is 0 Å². The van der Waals surface area contributed by atoms with Crippen molar-refractivity contribution in [1.29, 1.82) is 0 Å². The highest BCUT2D eigenvalue weighted by atomic mass is 35.5. The molecule has 0 aliphatic heterocycles. The van der Waals surface area contributed by atoms with Crippen LogP contribution in [0.5, 0.6) is 0 Å². The van der Waals surface area contributed by atoms with Crippen molar-refractivity contribution in [2.45, 2.75) is 77.4 Å². The summed E-state index contributed by atoms with van der Waals surface area (Å²) in [6, 6.07) is 7.96. The molecule has 0 radical (unpaired) electrons. The Morgan fingerprint density at radius 3 is 2.52 bits per heavy atom. The largest absolute Gasteiger partial charge is 0.393 e. The molecule has 158 valence electrons. The molecule has 2 N–H and O–H groups in total. The molecule has 5 rings (SSSR count). The average molecular weight is 415 g/mol. The summed E-state index contributed by atoms with van der Waals surface area (Å²) in [5, 5.41) is 22.4. The molecule has 0 spiro atoms. The highest BCUT2D eigenvalue weighted by Gasteiger charge is 2.61. The molecule has 0 aromatic heterocycles. The summed E-state index contributed by atoms with van der Waals surface area (Å²) in [4.78, 5) is 0. The van der Waals surface area contributed by atoms with E-state index < -0.39 is 0 Å². The van der Waals surface area contributed by atoms with Crippen LogP contribution in [0.2, 0.25) is 5.02 Å². The second kappa shape index (κ2) is 7.11. The SMILES string of the molecule is C[C@]12CC[C@H](O)C[C@@H]1CC[C@H]1[C@H]2CC[C@@]2(C)[C@H](O)/C(=C\c3ccccc3Cl)C[C@H]12. The van der Waals surface area contributed by atoms with Gasteiger partial charge in [0.25, 0.3) is 0 Å². The van der Waals surface area contributed by atoms with Gasteiger partial charge >= 0.3 is 0 Å². The third kappa shape index (κ3) is 3.05. The predicted molar refractivity (Wildman–Crippen MR) is 119 cm³/mol.